The minimum atomic E-state index is 0.0227. The van der Waals surface area contributed by atoms with Gasteiger partial charge in [0.25, 0.3) is 0 Å². The number of amidine groups is 1. The second-order valence-electron chi connectivity index (χ2n) is 3.04. The molecule has 0 aromatic heterocycles. The van der Waals surface area contributed by atoms with Crippen LogP contribution in [-0.2, 0) is 4.79 Å². The monoisotopic (exact) mass is 240 g/mol. The Morgan fingerprint density at radius 3 is 3.07 bits per heavy atom. The molecule has 1 saturated heterocycles. The van der Waals surface area contributed by atoms with Gasteiger partial charge in [-0.05, 0) is 18.2 Å². The summed E-state index contributed by atoms with van der Waals surface area (Å²) in [6.07, 6.45) is 0.555. The number of carbonyl (C=O) groups is 1. The van der Waals surface area contributed by atoms with E-state index < -0.39 is 0 Å². The average Bonchev–Trinajstić information content (AvgIpc) is 2.17. The van der Waals surface area contributed by atoms with E-state index in [0.717, 1.165) is 11.4 Å². The van der Waals surface area contributed by atoms with Crippen molar-refractivity contribution in [3.63, 3.8) is 0 Å². The second kappa shape index (κ2) is 4.68. The molecule has 0 aliphatic carbocycles. The zero-order valence-corrected chi connectivity index (χ0v) is 9.44. The van der Waals surface area contributed by atoms with E-state index >= 15 is 0 Å². The first-order chi connectivity index (χ1) is 7.24. The summed E-state index contributed by atoms with van der Waals surface area (Å²) in [6, 6.07) is 7.23. The van der Waals surface area contributed by atoms with Crippen molar-refractivity contribution in [3.05, 3.63) is 29.3 Å². The molecule has 5 heteroatoms. The lowest BCUT2D eigenvalue weighted by atomic mass is 10.3. The van der Waals surface area contributed by atoms with Crippen molar-refractivity contribution in [2.45, 2.75) is 6.42 Å². The molecule has 1 heterocycles. The maximum atomic E-state index is 11.1. The molecule has 1 aliphatic rings. The van der Waals surface area contributed by atoms with Gasteiger partial charge in [0.05, 0.1) is 5.69 Å². The fraction of sp³-hybridized carbons (Fsp3) is 0.200. The van der Waals surface area contributed by atoms with Crippen molar-refractivity contribution in [1.29, 1.82) is 0 Å². The molecule has 0 spiro atoms. The number of benzene rings is 1. The fourth-order valence-corrected chi connectivity index (χ4v) is 2.20. The molecule has 15 heavy (non-hydrogen) atoms. The zero-order chi connectivity index (χ0) is 10.7. The van der Waals surface area contributed by atoms with Crippen LogP contribution in [0.3, 0.4) is 0 Å². The SMILES string of the molecule is O=C1CCSC(=Nc2cccc(Cl)c2)N1. The van der Waals surface area contributed by atoms with Gasteiger partial charge in [-0.25, -0.2) is 4.99 Å². The summed E-state index contributed by atoms with van der Waals surface area (Å²) in [5.41, 5.74) is 0.757. The third kappa shape index (κ3) is 2.97. The van der Waals surface area contributed by atoms with Gasteiger partial charge in [0.15, 0.2) is 5.17 Å². The van der Waals surface area contributed by atoms with E-state index in [1.807, 2.05) is 12.1 Å². The molecule has 1 fully saturated rings. The summed E-state index contributed by atoms with van der Waals surface area (Å²) in [5.74, 6) is 0.806. The van der Waals surface area contributed by atoms with E-state index in [1.54, 1.807) is 23.9 Å². The van der Waals surface area contributed by atoms with E-state index in [2.05, 4.69) is 10.3 Å². The van der Waals surface area contributed by atoms with Crippen molar-refractivity contribution in [2.75, 3.05) is 5.75 Å². The highest BCUT2D eigenvalue weighted by Gasteiger charge is 2.13. The number of nitrogens with one attached hydrogen (secondary N) is 1. The number of hydrogen-bond acceptors (Lipinski definition) is 3. The normalized spacial score (nSPS) is 19.0. The van der Waals surface area contributed by atoms with Gasteiger partial charge >= 0.3 is 0 Å². The largest absolute Gasteiger partial charge is 0.305 e. The molecule has 78 valence electrons. The zero-order valence-electron chi connectivity index (χ0n) is 7.87. The standard InChI is InChI=1S/C10H9ClN2OS/c11-7-2-1-3-8(6-7)12-10-13-9(14)4-5-15-10/h1-3,6H,4-5H2,(H,12,13,14). The van der Waals surface area contributed by atoms with Crippen LogP contribution in [0.2, 0.25) is 5.02 Å². The second-order valence-corrected chi connectivity index (χ2v) is 4.56. The molecule has 1 aliphatic heterocycles. The van der Waals surface area contributed by atoms with E-state index in [4.69, 9.17) is 11.6 Å². The van der Waals surface area contributed by atoms with Gasteiger partial charge in [-0.15, -0.1) is 0 Å². The molecular weight excluding hydrogens is 232 g/mol. The van der Waals surface area contributed by atoms with Gasteiger partial charge in [0, 0.05) is 17.2 Å². The van der Waals surface area contributed by atoms with Crippen LogP contribution in [0.15, 0.2) is 29.3 Å². The van der Waals surface area contributed by atoms with Gasteiger partial charge in [-0.3, -0.25) is 4.79 Å². The highest BCUT2D eigenvalue weighted by molar-refractivity contribution is 8.14. The van der Waals surface area contributed by atoms with Crippen molar-refractivity contribution < 1.29 is 4.79 Å². The summed E-state index contributed by atoms with van der Waals surface area (Å²) in [5, 5.41) is 4.00. The van der Waals surface area contributed by atoms with Gasteiger partial charge in [0.1, 0.15) is 0 Å². The van der Waals surface area contributed by atoms with Crippen molar-refractivity contribution in [2.24, 2.45) is 4.99 Å². The first kappa shape index (κ1) is 10.5. The molecule has 2 rings (SSSR count). The number of halogens is 1. The number of carbonyl (C=O) groups excluding carboxylic acids is 1. The van der Waals surface area contributed by atoms with Crippen LogP contribution in [0.4, 0.5) is 5.69 Å². The maximum Gasteiger partial charge on any atom is 0.226 e. The Balaban J connectivity index is 2.18. The number of aliphatic imine (C=N–C) groups is 1. The molecule has 1 aromatic rings. The average molecular weight is 241 g/mol. The fourth-order valence-electron chi connectivity index (χ4n) is 1.18. The van der Waals surface area contributed by atoms with Crippen LogP contribution in [0.5, 0.6) is 0 Å². The molecule has 0 saturated carbocycles. The summed E-state index contributed by atoms with van der Waals surface area (Å²) >= 11 is 7.37. The Labute approximate surface area is 96.9 Å². The van der Waals surface area contributed by atoms with Crippen LogP contribution in [0.25, 0.3) is 0 Å². The summed E-state index contributed by atoms with van der Waals surface area (Å²) in [6.45, 7) is 0. The lowest BCUT2D eigenvalue weighted by Crippen LogP contribution is -2.32. The van der Waals surface area contributed by atoms with Crippen LogP contribution in [0, 0.1) is 0 Å². The molecular formula is C10H9ClN2OS. The number of amides is 1. The molecule has 0 unspecified atom stereocenters. The highest BCUT2D eigenvalue weighted by Crippen LogP contribution is 2.20. The van der Waals surface area contributed by atoms with Crippen LogP contribution in [-0.4, -0.2) is 16.8 Å². The highest BCUT2D eigenvalue weighted by atomic mass is 35.5. The first-order valence-corrected chi connectivity index (χ1v) is 5.87. The van der Waals surface area contributed by atoms with Gasteiger partial charge < -0.3 is 5.32 Å². The predicted octanol–water partition coefficient (Wildman–Crippen LogP) is 2.58. The van der Waals surface area contributed by atoms with E-state index in [0.29, 0.717) is 16.6 Å². The third-order valence-electron chi connectivity index (χ3n) is 1.85. The van der Waals surface area contributed by atoms with E-state index in [1.165, 1.54) is 0 Å². The lowest BCUT2D eigenvalue weighted by Gasteiger charge is -2.12. The molecule has 0 bridgehead atoms. The Hall–Kier alpha value is -1.00. The summed E-state index contributed by atoms with van der Waals surface area (Å²) < 4.78 is 0. The van der Waals surface area contributed by atoms with Crippen molar-refractivity contribution in [1.82, 2.24) is 5.32 Å². The van der Waals surface area contributed by atoms with Crippen LogP contribution >= 0.6 is 23.4 Å². The topological polar surface area (TPSA) is 41.5 Å². The van der Waals surface area contributed by atoms with Gasteiger partial charge in [-0.1, -0.05) is 29.4 Å². The molecule has 1 amide bonds. The number of thioether (sulfide) groups is 1. The minimum absolute atomic E-state index is 0.0227. The van der Waals surface area contributed by atoms with Gasteiger partial charge in [-0.2, -0.15) is 0 Å². The van der Waals surface area contributed by atoms with Gasteiger partial charge in [0.2, 0.25) is 5.91 Å². The summed E-state index contributed by atoms with van der Waals surface area (Å²) in [7, 11) is 0. The molecule has 0 atom stereocenters. The maximum absolute atomic E-state index is 11.1. The van der Waals surface area contributed by atoms with E-state index in [9.17, 15) is 4.79 Å². The number of nitrogens with zero attached hydrogens (tertiary/aromatic N) is 1. The smallest absolute Gasteiger partial charge is 0.226 e. The molecule has 1 aromatic carbocycles. The summed E-state index contributed by atoms with van der Waals surface area (Å²) in [4.78, 5) is 15.4. The lowest BCUT2D eigenvalue weighted by molar-refractivity contribution is -0.119. The third-order valence-corrected chi connectivity index (χ3v) is 2.96. The Morgan fingerprint density at radius 2 is 2.33 bits per heavy atom. The van der Waals surface area contributed by atoms with Crippen LogP contribution in [0.1, 0.15) is 6.42 Å². The molecule has 1 N–H and O–H groups in total. The minimum Gasteiger partial charge on any atom is -0.305 e. The molecule has 3 nitrogen and oxygen atoms in total. The molecule has 0 radical (unpaired) electrons. The van der Waals surface area contributed by atoms with Crippen molar-refractivity contribution in [3.8, 4) is 0 Å². The number of rotatable bonds is 1. The van der Waals surface area contributed by atoms with Crippen LogP contribution < -0.4 is 5.32 Å². The predicted molar refractivity (Wildman–Crippen MR) is 63.8 cm³/mol. The van der Waals surface area contributed by atoms with Crippen molar-refractivity contribution >= 4 is 40.1 Å². The Morgan fingerprint density at radius 1 is 1.47 bits per heavy atom. The quantitative estimate of drug-likeness (QED) is 0.820. The van der Waals surface area contributed by atoms with E-state index in [-0.39, 0.29) is 5.91 Å². The Kier molecular flexibility index (Phi) is 3.28. The first-order valence-electron chi connectivity index (χ1n) is 4.51. The Bertz CT molecular complexity index is 420. The number of hydrogen-bond donors (Lipinski definition) is 1.